The number of carboxylic acids is 2. The fourth-order valence-electron chi connectivity index (χ4n) is 2.77. The van der Waals surface area contributed by atoms with Gasteiger partial charge in [0.25, 0.3) is 10.1 Å². The number of hydrogen-bond donors (Lipinski definition) is 0. The Kier molecular flexibility index (Phi) is 9.61. The van der Waals surface area contributed by atoms with Crippen LogP contribution < -0.4 is 78.8 Å². The quantitative estimate of drug-likeness (QED) is 0.221. The number of ether oxygens (including phenoxy) is 2. The first-order chi connectivity index (χ1) is 13.5. The van der Waals surface area contributed by atoms with Crippen LogP contribution in [0.4, 0.5) is 0 Å². The average Bonchev–Trinajstić information content (AvgIpc) is 3.02. The Hall–Kier alpha value is -1.11. The molecule has 0 fully saturated rings. The largest absolute Gasteiger partial charge is 1.00 e. The first-order valence-electron chi connectivity index (χ1n) is 8.47. The van der Waals surface area contributed by atoms with Gasteiger partial charge in [-0.2, -0.15) is 8.42 Å². The van der Waals surface area contributed by atoms with Crippen molar-refractivity contribution in [3.63, 3.8) is 0 Å². The summed E-state index contributed by atoms with van der Waals surface area (Å²) in [5, 5.41) is 22.3. The van der Waals surface area contributed by atoms with Crippen LogP contribution in [-0.2, 0) is 30.3 Å². The molecule has 2 aromatic carbocycles. The summed E-state index contributed by atoms with van der Waals surface area (Å²) in [5.41, 5.74) is 1.41. The van der Waals surface area contributed by atoms with Crippen LogP contribution in [0, 0.1) is 6.92 Å². The van der Waals surface area contributed by atoms with E-state index >= 15 is 0 Å². The summed E-state index contributed by atoms with van der Waals surface area (Å²) in [7, 11) is -3.98. The maximum absolute atomic E-state index is 12.4. The smallest absolute Gasteiger partial charge is 0.542 e. The number of aliphatic carboxylic acids is 2. The minimum atomic E-state index is -3.98. The number of aryl methyl sites for hydroxylation is 1. The molecule has 3 rings (SSSR count). The summed E-state index contributed by atoms with van der Waals surface area (Å²) in [5.74, 6) is -7.57. The Morgan fingerprint density at radius 2 is 1.55 bits per heavy atom. The summed E-state index contributed by atoms with van der Waals surface area (Å²) in [6, 6.07) is 10.3. The molecule has 0 saturated carbocycles. The van der Waals surface area contributed by atoms with Crippen molar-refractivity contribution in [1.82, 2.24) is 0 Å². The van der Waals surface area contributed by atoms with Gasteiger partial charge in [-0.3, -0.25) is 4.18 Å². The normalized spacial score (nSPS) is 14.6. The third-order valence-corrected chi connectivity index (χ3v) is 5.61. The van der Waals surface area contributed by atoms with E-state index in [4.69, 9.17) is 13.7 Å². The topological polar surface area (TPSA) is 142 Å². The molecule has 1 atom stereocenters. The molecule has 0 saturated heterocycles. The molecule has 0 bridgehead atoms. The van der Waals surface area contributed by atoms with Gasteiger partial charge in [0.1, 0.15) is 11.9 Å². The molecule has 9 nitrogen and oxygen atoms in total. The van der Waals surface area contributed by atoms with Crippen LogP contribution in [0.25, 0.3) is 0 Å². The van der Waals surface area contributed by atoms with E-state index in [1.54, 1.807) is 19.1 Å². The van der Waals surface area contributed by atoms with Crippen molar-refractivity contribution in [2.75, 3.05) is 0 Å². The molecule has 1 aliphatic heterocycles. The zero-order chi connectivity index (χ0) is 21.4. The Labute approximate surface area is 223 Å². The van der Waals surface area contributed by atoms with Gasteiger partial charge in [0, 0.05) is 0 Å². The predicted molar refractivity (Wildman–Crippen MR) is 93.1 cm³/mol. The van der Waals surface area contributed by atoms with Crippen molar-refractivity contribution >= 4 is 22.1 Å². The minimum Gasteiger partial charge on any atom is -0.542 e. The molecule has 1 aliphatic rings. The number of carboxylic acid groups (broad SMARTS) is 2. The summed E-state index contributed by atoms with van der Waals surface area (Å²) in [6.07, 6.45) is -0.653. The molecule has 2 aromatic rings. The van der Waals surface area contributed by atoms with Gasteiger partial charge >= 0.3 is 64.9 Å². The summed E-state index contributed by atoms with van der Waals surface area (Å²) in [4.78, 5) is 22.3. The summed E-state index contributed by atoms with van der Waals surface area (Å²) < 4.78 is 39.7. The first-order valence-corrected chi connectivity index (χ1v) is 9.88. The second-order valence-corrected chi connectivity index (χ2v) is 8.13. The molecule has 0 spiro atoms. The van der Waals surface area contributed by atoms with E-state index in [1.807, 2.05) is 6.92 Å². The SMILES string of the molecule is Cc1ccc(S(=O)(=O)OC(C)Cc2ccc3c(c2)OC(C(=O)[O-])(C(=O)[O-])O3)cc1.[Na+].[Na+]. The Balaban J connectivity index is 0.00000240. The fraction of sp³-hybridized carbons (Fsp3) is 0.263. The molecular formula is C19H16Na2O9S. The van der Waals surface area contributed by atoms with Crippen molar-refractivity contribution in [1.29, 1.82) is 0 Å². The van der Waals surface area contributed by atoms with Gasteiger partial charge in [-0.15, -0.1) is 0 Å². The van der Waals surface area contributed by atoms with Gasteiger partial charge in [0.15, 0.2) is 11.5 Å². The van der Waals surface area contributed by atoms with Gasteiger partial charge in [-0.25, -0.2) is 0 Å². The van der Waals surface area contributed by atoms with E-state index in [0.717, 1.165) is 5.56 Å². The molecule has 0 aromatic heterocycles. The zero-order valence-electron chi connectivity index (χ0n) is 17.4. The van der Waals surface area contributed by atoms with Crippen LogP contribution in [0.1, 0.15) is 18.1 Å². The fourth-order valence-corrected chi connectivity index (χ4v) is 3.85. The molecule has 1 heterocycles. The Bertz CT molecular complexity index is 1050. The van der Waals surface area contributed by atoms with Gasteiger partial charge in [0.2, 0.25) is 0 Å². The van der Waals surface area contributed by atoms with Crippen LogP contribution in [0.15, 0.2) is 47.4 Å². The molecule has 31 heavy (non-hydrogen) atoms. The van der Waals surface area contributed by atoms with Gasteiger partial charge in [-0.1, -0.05) is 23.8 Å². The van der Waals surface area contributed by atoms with Crippen LogP contribution >= 0.6 is 0 Å². The summed E-state index contributed by atoms with van der Waals surface area (Å²) >= 11 is 0. The van der Waals surface area contributed by atoms with Crippen LogP contribution in [0.5, 0.6) is 11.5 Å². The minimum absolute atomic E-state index is 0. The number of carbonyl (C=O) groups is 2. The third-order valence-electron chi connectivity index (χ3n) is 4.18. The van der Waals surface area contributed by atoms with Crippen LogP contribution in [0.2, 0.25) is 0 Å². The first kappa shape index (κ1) is 27.9. The molecular weight excluding hydrogens is 450 g/mol. The number of rotatable bonds is 7. The van der Waals surface area contributed by atoms with E-state index in [-0.39, 0.29) is 81.9 Å². The molecule has 154 valence electrons. The van der Waals surface area contributed by atoms with Crippen LogP contribution in [0.3, 0.4) is 0 Å². The number of fused-ring (bicyclic) bond motifs is 1. The molecule has 0 N–H and O–H groups in total. The Morgan fingerprint density at radius 3 is 2.10 bits per heavy atom. The van der Waals surface area contributed by atoms with Crippen molar-refractivity contribution in [2.45, 2.75) is 37.1 Å². The zero-order valence-corrected chi connectivity index (χ0v) is 22.2. The third kappa shape index (κ3) is 6.02. The van der Waals surface area contributed by atoms with E-state index in [2.05, 4.69) is 0 Å². The maximum atomic E-state index is 12.4. The standard InChI is InChI=1S/C19H18O9S.2Na/c1-11-3-6-14(7-4-11)29(24,25)28-12(2)9-13-5-8-15-16(10-13)27-19(26-15,17(20)21)18(22)23;;/h3-8,10,12H,9H2,1-2H3,(H,20,21)(H,22,23);;/q;2*+1/p-2. The second kappa shape index (κ2) is 10.7. The van der Waals surface area contributed by atoms with Crippen molar-refractivity contribution in [2.24, 2.45) is 0 Å². The Morgan fingerprint density at radius 1 is 1.00 bits per heavy atom. The van der Waals surface area contributed by atoms with Gasteiger partial charge in [-0.05, 0) is 50.1 Å². The number of carbonyl (C=O) groups excluding carboxylic acids is 2. The number of hydrogen-bond acceptors (Lipinski definition) is 9. The molecule has 0 amide bonds. The van der Waals surface area contributed by atoms with Crippen molar-refractivity contribution in [3.8, 4) is 11.5 Å². The monoisotopic (exact) mass is 466 g/mol. The van der Waals surface area contributed by atoms with Crippen molar-refractivity contribution in [3.05, 3.63) is 53.6 Å². The van der Waals surface area contributed by atoms with E-state index in [0.29, 0.717) is 5.56 Å². The van der Waals surface area contributed by atoms with Gasteiger partial charge in [0.05, 0.1) is 11.0 Å². The van der Waals surface area contributed by atoms with E-state index in [9.17, 15) is 28.2 Å². The summed E-state index contributed by atoms with van der Waals surface area (Å²) in [6.45, 7) is 3.37. The molecule has 0 aliphatic carbocycles. The predicted octanol–water partition coefficient (Wildman–Crippen LogP) is -6.69. The van der Waals surface area contributed by atoms with Gasteiger partial charge < -0.3 is 29.3 Å². The van der Waals surface area contributed by atoms with Crippen LogP contribution in [-0.4, -0.2) is 32.2 Å². The number of benzene rings is 2. The molecule has 1 unspecified atom stereocenters. The second-order valence-electron chi connectivity index (χ2n) is 6.55. The van der Waals surface area contributed by atoms with E-state index in [1.165, 1.54) is 30.3 Å². The molecule has 0 radical (unpaired) electrons. The average molecular weight is 466 g/mol. The molecule has 12 heteroatoms. The maximum Gasteiger partial charge on any atom is 1.00 e. The van der Waals surface area contributed by atoms with Crippen molar-refractivity contribution < 1.29 is 101 Å². The van der Waals surface area contributed by atoms with E-state index < -0.39 is 33.9 Å².